The summed E-state index contributed by atoms with van der Waals surface area (Å²) in [4.78, 5) is 15.2. The Balaban J connectivity index is 1.80. The van der Waals surface area contributed by atoms with E-state index < -0.39 is 11.9 Å². The molecule has 164 valence electrons. The number of benzene rings is 2. The Morgan fingerprint density at radius 1 is 1.28 bits per heavy atom. The van der Waals surface area contributed by atoms with E-state index in [4.69, 9.17) is 28.6 Å². The molecular formula is C23H19ClFN3O2S2. The summed E-state index contributed by atoms with van der Waals surface area (Å²) in [5.74, 6) is -0.290. The van der Waals surface area contributed by atoms with Gasteiger partial charge in [-0.1, -0.05) is 23.7 Å². The summed E-state index contributed by atoms with van der Waals surface area (Å²) < 4.78 is 19.1. The highest BCUT2D eigenvalue weighted by atomic mass is 35.5. The van der Waals surface area contributed by atoms with Gasteiger partial charge in [0.05, 0.1) is 29.4 Å². The number of halogens is 2. The third-order valence-corrected chi connectivity index (χ3v) is 6.41. The fourth-order valence-electron chi connectivity index (χ4n) is 3.60. The van der Waals surface area contributed by atoms with E-state index in [9.17, 15) is 9.18 Å². The van der Waals surface area contributed by atoms with Gasteiger partial charge in [-0.3, -0.25) is 9.69 Å². The first-order valence-electron chi connectivity index (χ1n) is 9.63. The lowest BCUT2D eigenvalue weighted by atomic mass is 9.96. The summed E-state index contributed by atoms with van der Waals surface area (Å²) >= 11 is 13.2. The van der Waals surface area contributed by atoms with E-state index in [0.717, 1.165) is 5.56 Å². The molecule has 32 heavy (non-hydrogen) atoms. The smallest absolute Gasteiger partial charge is 0.255 e. The van der Waals surface area contributed by atoms with Crippen molar-refractivity contribution in [1.29, 1.82) is 0 Å². The SMILES string of the molecule is COc1ccccc1NC(=O)C1=C(C)N(c2ccc(F)c(Cl)c2)C(=S)NC1c1ccsc1. The zero-order valence-electron chi connectivity index (χ0n) is 17.2. The third kappa shape index (κ3) is 4.21. The van der Waals surface area contributed by atoms with Crippen molar-refractivity contribution in [3.63, 3.8) is 0 Å². The number of nitrogens with zero attached hydrogens (tertiary/aromatic N) is 1. The number of ether oxygens (including phenoxy) is 1. The molecule has 4 rings (SSSR count). The number of thiocarbonyl (C=S) groups is 1. The van der Waals surface area contributed by atoms with E-state index in [-0.39, 0.29) is 10.9 Å². The number of carbonyl (C=O) groups is 1. The van der Waals surface area contributed by atoms with Gasteiger partial charge in [0.15, 0.2) is 5.11 Å². The van der Waals surface area contributed by atoms with Crippen molar-refractivity contribution in [3.05, 3.63) is 87.0 Å². The second-order valence-electron chi connectivity index (χ2n) is 7.03. The maximum Gasteiger partial charge on any atom is 0.255 e. The van der Waals surface area contributed by atoms with Crippen LogP contribution < -0.4 is 20.3 Å². The van der Waals surface area contributed by atoms with Crippen LogP contribution in [0.3, 0.4) is 0 Å². The largest absolute Gasteiger partial charge is 0.495 e. The number of para-hydroxylation sites is 2. The van der Waals surface area contributed by atoms with E-state index in [1.807, 2.05) is 29.0 Å². The predicted molar refractivity (Wildman–Crippen MR) is 131 cm³/mol. The molecule has 0 radical (unpaired) electrons. The Kier molecular flexibility index (Phi) is 6.45. The number of amides is 1. The number of rotatable bonds is 5. The first-order valence-corrected chi connectivity index (χ1v) is 11.4. The van der Waals surface area contributed by atoms with Gasteiger partial charge in [-0.2, -0.15) is 11.3 Å². The number of thiophene rings is 1. The number of hydrogen-bond acceptors (Lipinski definition) is 4. The number of carbonyl (C=O) groups excluding carboxylic acids is 1. The molecule has 0 spiro atoms. The van der Waals surface area contributed by atoms with Crippen LogP contribution >= 0.6 is 35.2 Å². The molecule has 3 aromatic rings. The molecule has 2 N–H and O–H groups in total. The molecule has 0 saturated carbocycles. The molecule has 1 aliphatic heterocycles. The highest BCUT2D eigenvalue weighted by molar-refractivity contribution is 7.80. The second kappa shape index (κ2) is 9.28. The summed E-state index contributed by atoms with van der Waals surface area (Å²) in [5.41, 5.74) is 3.11. The molecule has 1 atom stereocenters. The van der Waals surface area contributed by atoms with Crippen LogP contribution in [0.15, 0.2) is 70.6 Å². The van der Waals surface area contributed by atoms with E-state index >= 15 is 0 Å². The maximum atomic E-state index is 13.7. The summed E-state index contributed by atoms with van der Waals surface area (Å²) in [7, 11) is 1.55. The zero-order chi connectivity index (χ0) is 22.8. The lowest BCUT2D eigenvalue weighted by molar-refractivity contribution is -0.113. The molecule has 2 aromatic carbocycles. The molecule has 0 bridgehead atoms. The van der Waals surface area contributed by atoms with E-state index in [1.54, 1.807) is 37.1 Å². The molecule has 5 nitrogen and oxygen atoms in total. The highest BCUT2D eigenvalue weighted by Crippen LogP contribution is 2.36. The number of methoxy groups -OCH3 is 1. The van der Waals surface area contributed by atoms with Crippen LogP contribution in [0.5, 0.6) is 5.75 Å². The van der Waals surface area contributed by atoms with Crippen molar-refractivity contribution < 1.29 is 13.9 Å². The molecule has 1 aromatic heterocycles. The highest BCUT2D eigenvalue weighted by Gasteiger charge is 2.35. The molecule has 9 heteroatoms. The van der Waals surface area contributed by atoms with Crippen molar-refractivity contribution in [3.8, 4) is 5.75 Å². The fraction of sp³-hybridized carbons (Fsp3) is 0.130. The van der Waals surface area contributed by atoms with Gasteiger partial charge in [-0.05, 0) is 71.9 Å². The van der Waals surface area contributed by atoms with Gasteiger partial charge < -0.3 is 15.4 Å². The quantitative estimate of drug-likeness (QED) is 0.439. The van der Waals surface area contributed by atoms with Crippen LogP contribution in [-0.4, -0.2) is 18.1 Å². The van der Waals surface area contributed by atoms with Crippen molar-refractivity contribution >= 4 is 57.5 Å². The predicted octanol–water partition coefficient (Wildman–Crippen LogP) is 5.90. The second-order valence-corrected chi connectivity index (χ2v) is 8.60. The van der Waals surface area contributed by atoms with Crippen molar-refractivity contribution in [2.45, 2.75) is 13.0 Å². The van der Waals surface area contributed by atoms with Gasteiger partial charge in [0.1, 0.15) is 11.6 Å². The third-order valence-electron chi connectivity index (χ3n) is 5.12. The molecule has 1 unspecified atom stereocenters. The number of allylic oxidation sites excluding steroid dienone is 1. The average molecular weight is 488 g/mol. The summed E-state index contributed by atoms with van der Waals surface area (Å²) in [5, 5.41) is 10.5. The van der Waals surface area contributed by atoms with Crippen LogP contribution in [-0.2, 0) is 4.79 Å². The Morgan fingerprint density at radius 3 is 2.75 bits per heavy atom. The lowest BCUT2D eigenvalue weighted by Crippen LogP contribution is -2.48. The fourth-order valence-corrected chi connectivity index (χ4v) is 4.82. The monoisotopic (exact) mass is 487 g/mol. The van der Waals surface area contributed by atoms with Gasteiger partial charge in [0.2, 0.25) is 0 Å². The number of hydrogen-bond donors (Lipinski definition) is 2. The summed E-state index contributed by atoms with van der Waals surface area (Å²) in [6, 6.07) is 13.0. The van der Waals surface area contributed by atoms with Crippen LogP contribution in [0.25, 0.3) is 0 Å². The van der Waals surface area contributed by atoms with Crippen molar-refractivity contribution in [1.82, 2.24) is 5.32 Å². The molecule has 0 aliphatic carbocycles. The van der Waals surface area contributed by atoms with Crippen LogP contribution in [0.1, 0.15) is 18.5 Å². The normalized spacial score (nSPS) is 16.1. The molecule has 1 aliphatic rings. The summed E-state index contributed by atoms with van der Waals surface area (Å²) in [6.07, 6.45) is 0. The Bertz CT molecular complexity index is 1210. The van der Waals surface area contributed by atoms with E-state index in [2.05, 4.69) is 10.6 Å². The zero-order valence-corrected chi connectivity index (χ0v) is 19.6. The Labute approximate surface area is 199 Å². The maximum absolute atomic E-state index is 13.7. The van der Waals surface area contributed by atoms with Crippen molar-refractivity contribution in [2.75, 3.05) is 17.3 Å². The Morgan fingerprint density at radius 2 is 2.06 bits per heavy atom. The van der Waals surface area contributed by atoms with Gasteiger partial charge in [0, 0.05) is 11.4 Å². The van der Waals surface area contributed by atoms with E-state index in [0.29, 0.717) is 33.5 Å². The molecular weight excluding hydrogens is 469 g/mol. The minimum atomic E-state index is -0.529. The molecule has 1 amide bonds. The lowest BCUT2D eigenvalue weighted by Gasteiger charge is -2.37. The van der Waals surface area contributed by atoms with Gasteiger partial charge in [-0.25, -0.2) is 4.39 Å². The molecule has 0 saturated heterocycles. The van der Waals surface area contributed by atoms with Crippen LogP contribution in [0.4, 0.5) is 15.8 Å². The Hall–Kier alpha value is -2.94. The van der Waals surface area contributed by atoms with Crippen LogP contribution in [0.2, 0.25) is 5.02 Å². The molecule has 2 heterocycles. The van der Waals surface area contributed by atoms with E-state index in [1.165, 1.54) is 23.5 Å². The standard InChI is InChI=1S/C23H19ClFN3O2S2/c1-13-20(22(29)26-18-5-3-4-6-19(18)30-2)21(14-9-10-32-12-14)27-23(31)28(13)15-7-8-17(25)16(24)11-15/h3-12,21H,1-2H3,(H,26,29)(H,27,31). The number of anilines is 2. The average Bonchev–Trinajstić information content (AvgIpc) is 3.31. The topological polar surface area (TPSA) is 53.6 Å². The van der Waals surface area contributed by atoms with Crippen molar-refractivity contribution in [2.24, 2.45) is 0 Å². The number of nitrogens with one attached hydrogen (secondary N) is 2. The van der Waals surface area contributed by atoms with Gasteiger partial charge in [0.25, 0.3) is 5.91 Å². The van der Waals surface area contributed by atoms with Gasteiger partial charge in [-0.15, -0.1) is 0 Å². The molecule has 0 fully saturated rings. The minimum absolute atomic E-state index is 0.0296. The summed E-state index contributed by atoms with van der Waals surface area (Å²) in [6.45, 7) is 1.81. The first kappa shape index (κ1) is 22.3. The van der Waals surface area contributed by atoms with Gasteiger partial charge >= 0.3 is 0 Å². The minimum Gasteiger partial charge on any atom is -0.495 e. The van der Waals surface area contributed by atoms with Crippen LogP contribution in [0, 0.1) is 5.82 Å². The first-order chi connectivity index (χ1) is 15.4.